The summed E-state index contributed by atoms with van der Waals surface area (Å²) in [5.41, 5.74) is 6.11. The number of allylic oxidation sites excluding steroid dienone is 1. The summed E-state index contributed by atoms with van der Waals surface area (Å²) >= 11 is 0. The molecule has 0 bridgehead atoms. The smallest absolute Gasteiger partial charge is 0.260 e. The van der Waals surface area contributed by atoms with E-state index in [-0.39, 0.29) is 54.4 Å². The predicted molar refractivity (Wildman–Crippen MR) is 226 cm³/mol. The summed E-state index contributed by atoms with van der Waals surface area (Å²) in [6, 6.07) is 15.2. The maximum atomic E-state index is 14.2. The predicted octanol–water partition coefficient (Wildman–Crippen LogP) is 6.64. The Labute approximate surface area is 341 Å². The molecule has 3 heterocycles. The molecule has 298 valence electrons. The Morgan fingerprint density at radius 1 is 1.04 bits per heavy atom. The number of piperidine rings is 1. The van der Waals surface area contributed by atoms with Gasteiger partial charge in [0.25, 0.3) is 5.91 Å². The first-order valence-corrected chi connectivity index (χ1v) is 18.1. The van der Waals surface area contributed by atoms with Gasteiger partial charge in [0.1, 0.15) is 17.5 Å². The lowest BCUT2D eigenvalue weighted by atomic mass is 9.97. The van der Waals surface area contributed by atoms with Crippen LogP contribution >= 0.6 is 37.2 Å². The van der Waals surface area contributed by atoms with Gasteiger partial charge in [0, 0.05) is 50.3 Å². The Morgan fingerprint density at radius 2 is 1.78 bits per heavy atom. The van der Waals surface area contributed by atoms with Crippen LogP contribution in [0.1, 0.15) is 59.8 Å². The van der Waals surface area contributed by atoms with Gasteiger partial charge < -0.3 is 39.8 Å². The van der Waals surface area contributed by atoms with E-state index in [1.807, 2.05) is 49.4 Å². The molecule has 2 aliphatic rings. The molecule has 4 aromatic rings. The molecule has 0 radical (unpaired) electrons. The highest BCUT2D eigenvalue weighted by Gasteiger charge is 2.26. The van der Waals surface area contributed by atoms with Crippen LogP contribution in [0.15, 0.2) is 54.2 Å². The lowest BCUT2D eigenvalue weighted by molar-refractivity contribution is -0.105. The monoisotopic (exact) mass is 815 g/mol. The number of hydrogen-bond acceptors (Lipinski definition) is 9. The number of unbranched alkanes of at least 4 members (excludes halogenated alkanes) is 1. The number of methoxy groups -OCH3 is 1. The number of anilines is 2. The quantitative estimate of drug-likeness (QED) is 0.0729. The van der Waals surface area contributed by atoms with Crippen LogP contribution in [0.3, 0.4) is 0 Å². The molecule has 12 nitrogen and oxygen atoms in total. The van der Waals surface area contributed by atoms with E-state index in [1.165, 1.54) is 12.0 Å². The molecule has 2 aliphatic heterocycles. The summed E-state index contributed by atoms with van der Waals surface area (Å²) in [6.45, 7) is 7.85. The van der Waals surface area contributed by atoms with Gasteiger partial charge in [0.2, 0.25) is 6.41 Å². The largest absolute Gasteiger partial charge is 0.494 e. The molecule has 3 aromatic carbocycles. The van der Waals surface area contributed by atoms with E-state index >= 15 is 0 Å². The van der Waals surface area contributed by atoms with E-state index in [1.54, 1.807) is 13.1 Å². The number of ether oxygens (including phenoxy) is 2. The molecule has 0 aliphatic carbocycles. The van der Waals surface area contributed by atoms with Gasteiger partial charge in [0.15, 0.2) is 5.75 Å². The van der Waals surface area contributed by atoms with Crippen molar-refractivity contribution < 1.29 is 23.9 Å². The SMILES string of the molecule is COc1c(-c2cccc3[nH]c(C4CCNCC4)nc23)ccc(C(=O)N(C)c2ccc(C)cc2OCCCCC(=C=O)N2CCN(C)CC2)c1NC=O.Cl.Cl.Cl. The number of imidazole rings is 1. The number of piperazine rings is 1. The average Bonchev–Trinajstić information content (AvgIpc) is 3.62. The van der Waals surface area contributed by atoms with Crippen molar-refractivity contribution in [1.82, 2.24) is 25.1 Å². The third kappa shape index (κ3) is 10.3. The Bertz CT molecular complexity index is 1950. The number of benzene rings is 3. The standard InChI is InChI=1S/C40H49N7O5.3ClH/c1-27-11-14-34(35(24-27)52-23-6-5-8-29(25-48)47-21-19-45(2)20-22-47)46(3)40(50)32-13-12-31(38(51-4)37(32)42-26-49)30-9-7-10-33-36(30)44-39(43-33)28-15-17-41-18-16-28;;;/h7,9-14,24,26,28,41H,5-6,8,15-23H2,1-4H3,(H,42,49)(H,43,44);3*1H. The van der Waals surface area contributed by atoms with Gasteiger partial charge in [0.05, 0.1) is 47.4 Å². The highest BCUT2D eigenvalue weighted by molar-refractivity contribution is 6.13. The number of carbonyl (C=O) groups excluding carboxylic acids is 3. The molecule has 2 fully saturated rings. The van der Waals surface area contributed by atoms with Gasteiger partial charge in [-0.05, 0) is 95.1 Å². The van der Waals surface area contributed by atoms with Crippen molar-refractivity contribution in [3.8, 4) is 22.6 Å². The van der Waals surface area contributed by atoms with Crippen molar-refractivity contribution in [3.05, 3.63) is 71.2 Å². The zero-order valence-electron chi connectivity index (χ0n) is 31.8. The second-order valence-corrected chi connectivity index (χ2v) is 13.7. The number of likely N-dealkylation sites (N-methyl/N-ethyl adjacent to an activating group) is 1. The number of amides is 2. The number of carbonyl (C=O) groups is 2. The van der Waals surface area contributed by atoms with Crippen LogP contribution in [0.25, 0.3) is 22.2 Å². The van der Waals surface area contributed by atoms with E-state index in [2.05, 4.69) is 38.4 Å². The normalized spacial score (nSPS) is 14.4. The molecule has 55 heavy (non-hydrogen) atoms. The van der Waals surface area contributed by atoms with Crippen LogP contribution in [0, 0.1) is 6.92 Å². The molecular weight excluding hydrogens is 765 g/mol. The third-order valence-corrected chi connectivity index (χ3v) is 10.2. The molecule has 6 rings (SSSR count). The van der Waals surface area contributed by atoms with Crippen molar-refractivity contribution in [3.63, 3.8) is 0 Å². The van der Waals surface area contributed by atoms with E-state index in [0.717, 1.165) is 98.6 Å². The summed E-state index contributed by atoms with van der Waals surface area (Å²) < 4.78 is 12.2. The number of hydrogen-bond donors (Lipinski definition) is 3. The van der Waals surface area contributed by atoms with Crippen molar-refractivity contribution in [2.45, 2.75) is 44.9 Å². The van der Waals surface area contributed by atoms with Gasteiger partial charge in [-0.3, -0.25) is 9.59 Å². The molecule has 0 unspecified atom stereocenters. The third-order valence-electron chi connectivity index (χ3n) is 10.2. The zero-order chi connectivity index (χ0) is 36.6. The molecule has 15 heteroatoms. The van der Waals surface area contributed by atoms with Crippen LogP contribution in [0.5, 0.6) is 11.5 Å². The topological polar surface area (TPSA) is 132 Å². The molecule has 3 N–H and O–H groups in total. The highest BCUT2D eigenvalue weighted by atomic mass is 35.5. The molecule has 0 spiro atoms. The van der Waals surface area contributed by atoms with Crippen LogP contribution < -0.4 is 25.0 Å². The minimum absolute atomic E-state index is 0. The molecule has 0 atom stereocenters. The molecule has 2 saturated heterocycles. The highest BCUT2D eigenvalue weighted by Crippen LogP contribution is 2.42. The molecular formula is C40H52Cl3N7O5. The van der Waals surface area contributed by atoms with Crippen molar-refractivity contribution in [1.29, 1.82) is 0 Å². The molecule has 2 amide bonds. The minimum Gasteiger partial charge on any atom is -0.494 e. The molecule has 0 saturated carbocycles. The summed E-state index contributed by atoms with van der Waals surface area (Å²) in [5.74, 6) is 4.06. The number of nitrogens with one attached hydrogen (secondary N) is 3. The lowest BCUT2D eigenvalue weighted by Crippen LogP contribution is -2.44. The van der Waals surface area contributed by atoms with Gasteiger partial charge in [-0.1, -0.05) is 18.2 Å². The fourth-order valence-corrected chi connectivity index (χ4v) is 7.18. The van der Waals surface area contributed by atoms with Crippen LogP contribution in [-0.2, 0) is 9.59 Å². The number of fused-ring (bicyclic) bond motifs is 1. The first-order valence-electron chi connectivity index (χ1n) is 18.1. The fraction of sp³-hybridized carbons (Fsp3) is 0.425. The van der Waals surface area contributed by atoms with Crippen molar-refractivity contribution >= 4 is 77.9 Å². The maximum absolute atomic E-state index is 14.2. The number of nitrogens with zero attached hydrogens (tertiary/aromatic N) is 4. The Hall–Kier alpha value is -4.29. The zero-order valence-corrected chi connectivity index (χ0v) is 34.3. The van der Waals surface area contributed by atoms with Crippen molar-refractivity contribution in [2.24, 2.45) is 0 Å². The van der Waals surface area contributed by atoms with Gasteiger partial charge >= 0.3 is 0 Å². The molecule has 1 aromatic heterocycles. The first kappa shape index (κ1) is 45.1. The van der Waals surface area contributed by atoms with Gasteiger partial charge in [-0.25, -0.2) is 9.78 Å². The number of H-pyrrole nitrogens is 1. The maximum Gasteiger partial charge on any atom is 0.260 e. The number of aryl methyl sites for hydroxylation is 1. The van der Waals surface area contributed by atoms with E-state index in [4.69, 9.17) is 14.5 Å². The van der Waals surface area contributed by atoms with Crippen LogP contribution in [0.4, 0.5) is 11.4 Å². The Kier molecular flexibility index (Phi) is 17.3. The second kappa shape index (κ2) is 21.1. The number of para-hydroxylation sites is 1. The summed E-state index contributed by atoms with van der Waals surface area (Å²) in [5, 5.41) is 6.17. The fourth-order valence-electron chi connectivity index (χ4n) is 7.18. The van der Waals surface area contributed by atoms with Crippen LogP contribution in [0.2, 0.25) is 0 Å². The van der Waals surface area contributed by atoms with E-state index in [9.17, 15) is 14.4 Å². The second-order valence-electron chi connectivity index (χ2n) is 13.7. The number of aromatic amines is 1. The Morgan fingerprint density at radius 3 is 2.47 bits per heavy atom. The van der Waals surface area contributed by atoms with Gasteiger partial charge in [-0.2, -0.15) is 0 Å². The van der Waals surface area contributed by atoms with Crippen LogP contribution in [-0.4, -0.2) is 105 Å². The van der Waals surface area contributed by atoms with E-state index in [0.29, 0.717) is 48.1 Å². The summed E-state index contributed by atoms with van der Waals surface area (Å²) in [4.78, 5) is 52.4. The minimum atomic E-state index is -0.345. The summed E-state index contributed by atoms with van der Waals surface area (Å²) in [7, 11) is 5.31. The van der Waals surface area contributed by atoms with E-state index < -0.39 is 0 Å². The first-order chi connectivity index (χ1) is 25.3. The van der Waals surface area contributed by atoms with Gasteiger partial charge in [-0.15, -0.1) is 37.2 Å². The number of aromatic nitrogens is 2. The lowest BCUT2D eigenvalue weighted by Gasteiger charge is -2.34. The Balaban J connectivity index is 0.00000271. The number of halogens is 3. The summed E-state index contributed by atoms with van der Waals surface area (Å²) in [6.07, 6.45) is 4.75. The average molecular weight is 817 g/mol. The number of rotatable bonds is 14. The van der Waals surface area contributed by atoms with Crippen molar-refractivity contribution in [2.75, 3.05) is 77.3 Å².